The third kappa shape index (κ3) is 3.55. The largest absolute Gasteiger partial charge is 0.409 e. The number of nitrogens with two attached hydrogens (primary N) is 1. The molecule has 0 radical (unpaired) electrons. The maximum absolute atomic E-state index is 8.34. The molecule has 0 saturated heterocycles. The van der Waals surface area contributed by atoms with E-state index in [1.807, 2.05) is 12.1 Å². The van der Waals surface area contributed by atoms with Gasteiger partial charge in [-0.3, -0.25) is 4.98 Å². The summed E-state index contributed by atoms with van der Waals surface area (Å²) in [5.41, 5.74) is 7.54. The second kappa shape index (κ2) is 5.98. The minimum Gasteiger partial charge on any atom is -0.409 e. The van der Waals surface area contributed by atoms with E-state index >= 15 is 0 Å². The van der Waals surface area contributed by atoms with Crippen molar-refractivity contribution in [3.63, 3.8) is 0 Å². The number of amidine groups is 1. The first kappa shape index (κ1) is 11.5. The molecular formula is C10H16N4O. The fourth-order valence-electron chi connectivity index (χ4n) is 1.30. The number of pyridine rings is 1. The maximum atomic E-state index is 8.34. The summed E-state index contributed by atoms with van der Waals surface area (Å²) in [5, 5.41) is 14.3. The van der Waals surface area contributed by atoms with E-state index in [-0.39, 0.29) is 5.84 Å². The number of nitrogens with one attached hydrogen (secondary N) is 1. The van der Waals surface area contributed by atoms with Crippen LogP contribution in [0.1, 0.15) is 18.2 Å². The molecule has 0 aliphatic heterocycles. The van der Waals surface area contributed by atoms with Gasteiger partial charge in [0.25, 0.3) is 0 Å². The number of hydrogen-bond acceptors (Lipinski definition) is 4. The highest BCUT2D eigenvalue weighted by molar-refractivity contribution is 5.81. The van der Waals surface area contributed by atoms with Crippen molar-refractivity contribution in [1.82, 2.24) is 10.3 Å². The van der Waals surface area contributed by atoms with Crippen molar-refractivity contribution in [1.29, 1.82) is 0 Å². The van der Waals surface area contributed by atoms with Crippen LogP contribution in [-0.4, -0.2) is 22.6 Å². The summed E-state index contributed by atoms with van der Waals surface area (Å²) < 4.78 is 0. The molecule has 15 heavy (non-hydrogen) atoms. The predicted molar refractivity (Wildman–Crippen MR) is 58.7 cm³/mol. The summed E-state index contributed by atoms with van der Waals surface area (Å²) in [4.78, 5) is 4.27. The smallest absolute Gasteiger partial charge is 0.153 e. The fourth-order valence-corrected chi connectivity index (χ4v) is 1.30. The van der Waals surface area contributed by atoms with Crippen molar-refractivity contribution in [3.8, 4) is 0 Å². The van der Waals surface area contributed by atoms with E-state index in [9.17, 15) is 0 Å². The molecule has 1 aromatic heterocycles. The zero-order valence-corrected chi connectivity index (χ0v) is 8.77. The molecule has 0 aromatic carbocycles. The van der Waals surface area contributed by atoms with Crippen molar-refractivity contribution in [2.75, 3.05) is 6.54 Å². The molecule has 0 bridgehead atoms. The summed E-state index contributed by atoms with van der Waals surface area (Å²) in [6.07, 6.45) is 2.72. The van der Waals surface area contributed by atoms with Gasteiger partial charge in [0.05, 0.1) is 12.2 Å². The lowest BCUT2D eigenvalue weighted by molar-refractivity contribution is 0.317. The van der Waals surface area contributed by atoms with Crippen LogP contribution in [0.4, 0.5) is 0 Å². The van der Waals surface area contributed by atoms with Gasteiger partial charge in [-0.15, -0.1) is 0 Å². The summed E-state index contributed by atoms with van der Waals surface area (Å²) >= 11 is 0. The molecule has 0 spiro atoms. The van der Waals surface area contributed by atoms with Gasteiger partial charge < -0.3 is 16.3 Å². The van der Waals surface area contributed by atoms with Gasteiger partial charge in [-0.25, -0.2) is 0 Å². The highest BCUT2D eigenvalue weighted by Crippen LogP contribution is 2.05. The fraction of sp³-hybridized carbons (Fsp3) is 0.400. The normalized spacial score (nSPS) is 11.7. The van der Waals surface area contributed by atoms with Gasteiger partial charge in [0, 0.05) is 12.7 Å². The molecule has 0 aliphatic carbocycles. The number of aromatic nitrogens is 1. The van der Waals surface area contributed by atoms with Crippen LogP contribution >= 0.6 is 0 Å². The third-order valence-corrected chi connectivity index (χ3v) is 2.09. The standard InChI is InChI=1S/C10H16N4O/c1-2-8-4-3-5-13-9(8)6-12-7-10(11)14-15/h3-5,12,15H,2,6-7H2,1H3,(H2,11,14). The van der Waals surface area contributed by atoms with E-state index < -0.39 is 0 Å². The molecule has 0 atom stereocenters. The third-order valence-electron chi connectivity index (χ3n) is 2.09. The van der Waals surface area contributed by atoms with Crippen LogP contribution in [0.25, 0.3) is 0 Å². The average Bonchev–Trinajstić information content (AvgIpc) is 2.29. The molecule has 0 amide bonds. The first-order chi connectivity index (χ1) is 7.27. The van der Waals surface area contributed by atoms with Crippen molar-refractivity contribution in [3.05, 3.63) is 29.6 Å². The second-order valence-electron chi connectivity index (χ2n) is 3.16. The van der Waals surface area contributed by atoms with Crippen LogP contribution in [0.15, 0.2) is 23.5 Å². The molecule has 1 aromatic rings. The van der Waals surface area contributed by atoms with E-state index in [0.29, 0.717) is 13.1 Å². The topological polar surface area (TPSA) is 83.5 Å². The first-order valence-corrected chi connectivity index (χ1v) is 4.87. The Bertz CT molecular complexity index is 338. The molecule has 0 saturated carbocycles. The summed E-state index contributed by atoms with van der Waals surface area (Å²) in [7, 11) is 0. The van der Waals surface area contributed by atoms with Crippen LogP contribution in [-0.2, 0) is 13.0 Å². The van der Waals surface area contributed by atoms with Gasteiger partial charge in [-0.05, 0) is 18.1 Å². The van der Waals surface area contributed by atoms with Crippen molar-refractivity contribution < 1.29 is 5.21 Å². The summed E-state index contributed by atoms with van der Waals surface area (Å²) in [6.45, 7) is 3.07. The van der Waals surface area contributed by atoms with Gasteiger partial charge in [0.15, 0.2) is 5.84 Å². The quantitative estimate of drug-likeness (QED) is 0.284. The molecule has 1 heterocycles. The van der Waals surface area contributed by atoms with Crippen LogP contribution in [0, 0.1) is 0 Å². The number of oxime groups is 1. The van der Waals surface area contributed by atoms with E-state index in [1.54, 1.807) is 6.20 Å². The lowest BCUT2D eigenvalue weighted by atomic mass is 10.1. The Morgan fingerprint density at radius 1 is 1.67 bits per heavy atom. The Kier molecular flexibility index (Phi) is 4.56. The Hall–Kier alpha value is -1.62. The highest BCUT2D eigenvalue weighted by atomic mass is 16.4. The minimum atomic E-state index is 0.170. The number of rotatable bonds is 5. The molecule has 0 unspecified atom stereocenters. The monoisotopic (exact) mass is 208 g/mol. The second-order valence-corrected chi connectivity index (χ2v) is 3.16. The van der Waals surface area contributed by atoms with Crippen molar-refractivity contribution >= 4 is 5.84 Å². The Labute approximate surface area is 89.0 Å². The van der Waals surface area contributed by atoms with Crippen LogP contribution in [0.3, 0.4) is 0 Å². The van der Waals surface area contributed by atoms with Gasteiger partial charge in [0.2, 0.25) is 0 Å². The van der Waals surface area contributed by atoms with Crippen LogP contribution in [0.5, 0.6) is 0 Å². The number of nitrogens with zero attached hydrogens (tertiary/aromatic N) is 2. The highest BCUT2D eigenvalue weighted by Gasteiger charge is 2.00. The predicted octanol–water partition coefficient (Wildman–Crippen LogP) is 0.480. The molecule has 5 heteroatoms. The van der Waals surface area contributed by atoms with Crippen LogP contribution < -0.4 is 11.1 Å². The van der Waals surface area contributed by atoms with E-state index in [4.69, 9.17) is 10.9 Å². The average molecular weight is 208 g/mol. The zero-order valence-electron chi connectivity index (χ0n) is 8.77. The number of hydrogen-bond donors (Lipinski definition) is 3. The maximum Gasteiger partial charge on any atom is 0.153 e. The molecule has 0 fully saturated rings. The molecule has 0 aliphatic rings. The molecule has 4 N–H and O–H groups in total. The Morgan fingerprint density at radius 3 is 3.13 bits per heavy atom. The van der Waals surface area contributed by atoms with Gasteiger partial charge in [-0.2, -0.15) is 0 Å². The van der Waals surface area contributed by atoms with Gasteiger partial charge in [0.1, 0.15) is 0 Å². The Balaban J connectivity index is 2.50. The van der Waals surface area contributed by atoms with Gasteiger partial charge in [-0.1, -0.05) is 18.1 Å². The lowest BCUT2D eigenvalue weighted by Crippen LogP contribution is -2.29. The lowest BCUT2D eigenvalue weighted by Gasteiger charge is -2.07. The Morgan fingerprint density at radius 2 is 2.47 bits per heavy atom. The van der Waals surface area contributed by atoms with Gasteiger partial charge >= 0.3 is 0 Å². The zero-order chi connectivity index (χ0) is 11.1. The van der Waals surface area contributed by atoms with Crippen molar-refractivity contribution in [2.45, 2.75) is 19.9 Å². The first-order valence-electron chi connectivity index (χ1n) is 4.87. The van der Waals surface area contributed by atoms with E-state index in [0.717, 1.165) is 12.1 Å². The molecule has 1 rings (SSSR count). The molecule has 5 nitrogen and oxygen atoms in total. The van der Waals surface area contributed by atoms with E-state index in [1.165, 1.54) is 5.56 Å². The molecular weight excluding hydrogens is 192 g/mol. The summed E-state index contributed by atoms with van der Waals surface area (Å²) in [6, 6.07) is 3.97. The van der Waals surface area contributed by atoms with Crippen LogP contribution in [0.2, 0.25) is 0 Å². The van der Waals surface area contributed by atoms with Crippen molar-refractivity contribution in [2.24, 2.45) is 10.9 Å². The minimum absolute atomic E-state index is 0.170. The SMILES string of the molecule is CCc1cccnc1CNC/C(N)=N/O. The summed E-state index contributed by atoms with van der Waals surface area (Å²) in [5.74, 6) is 0.170. The van der Waals surface area contributed by atoms with E-state index in [2.05, 4.69) is 22.4 Å². The number of aryl methyl sites for hydroxylation is 1. The molecule has 82 valence electrons.